The number of aliphatic hydroxyl groups excluding tert-OH is 3. The van der Waals surface area contributed by atoms with Gasteiger partial charge in [0.1, 0.15) is 0 Å². The Kier molecular flexibility index (Phi) is 7.06. The van der Waals surface area contributed by atoms with Crippen LogP contribution in [0.4, 0.5) is 0 Å². The largest absolute Gasteiger partial charge is 0.396 e. The molecule has 4 atom stereocenters. The van der Waals surface area contributed by atoms with Crippen molar-refractivity contribution in [3.05, 3.63) is 35.9 Å². The summed E-state index contributed by atoms with van der Waals surface area (Å²) in [5.41, 5.74) is 1.19. The van der Waals surface area contributed by atoms with Crippen molar-refractivity contribution >= 4 is 0 Å². The Labute approximate surface area is 115 Å². The Hall–Kier alpha value is -0.900. The zero-order valence-electron chi connectivity index (χ0n) is 11.9. The van der Waals surface area contributed by atoms with Crippen LogP contribution in [0.3, 0.4) is 0 Å². The Bertz CT molecular complexity index is 335. The lowest BCUT2D eigenvalue weighted by Crippen LogP contribution is -2.36. The van der Waals surface area contributed by atoms with Crippen LogP contribution in [0.25, 0.3) is 0 Å². The highest BCUT2D eigenvalue weighted by Crippen LogP contribution is 2.21. The molecule has 0 aliphatic rings. The summed E-state index contributed by atoms with van der Waals surface area (Å²) >= 11 is 0. The maximum absolute atomic E-state index is 10.1. The van der Waals surface area contributed by atoms with Crippen LogP contribution in [0.2, 0.25) is 0 Å². The molecule has 19 heavy (non-hydrogen) atoms. The lowest BCUT2D eigenvalue weighted by molar-refractivity contribution is -0.0278. The van der Waals surface area contributed by atoms with Gasteiger partial charge in [-0.05, 0) is 24.8 Å². The van der Waals surface area contributed by atoms with E-state index in [4.69, 9.17) is 0 Å². The lowest BCUT2D eigenvalue weighted by Gasteiger charge is -2.29. The second-order valence-corrected chi connectivity index (χ2v) is 5.29. The van der Waals surface area contributed by atoms with Gasteiger partial charge in [-0.1, -0.05) is 44.2 Å². The van der Waals surface area contributed by atoms with Crippen molar-refractivity contribution in [1.82, 2.24) is 0 Å². The van der Waals surface area contributed by atoms with E-state index in [1.54, 1.807) is 0 Å². The molecular weight excluding hydrogens is 240 g/mol. The predicted octanol–water partition coefficient (Wildman–Crippen LogP) is 2.00. The fourth-order valence-corrected chi connectivity index (χ4v) is 2.36. The van der Waals surface area contributed by atoms with E-state index in [2.05, 4.69) is 0 Å². The molecular formula is C16H26O3. The molecule has 1 rings (SSSR count). The normalized spacial score (nSPS) is 17.7. The number of aliphatic hydroxyl groups is 3. The zero-order valence-corrected chi connectivity index (χ0v) is 11.9. The Balaban J connectivity index is 2.46. The highest BCUT2D eigenvalue weighted by molar-refractivity contribution is 5.14. The first-order chi connectivity index (χ1) is 9.10. The molecule has 1 aromatic rings. The molecule has 0 bridgehead atoms. The molecule has 0 radical (unpaired) electrons. The zero-order chi connectivity index (χ0) is 14.3. The Morgan fingerprint density at radius 2 is 1.74 bits per heavy atom. The van der Waals surface area contributed by atoms with E-state index in [1.807, 2.05) is 44.2 Å². The van der Waals surface area contributed by atoms with E-state index in [1.165, 1.54) is 5.56 Å². The number of benzene rings is 1. The Morgan fingerprint density at radius 1 is 1.11 bits per heavy atom. The van der Waals surface area contributed by atoms with Gasteiger partial charge in [0.05, 0.1) is 12.2 Å². The summed E-state index contributed by atoms with van der Waals surface area (Å²) in [5.74, 6) is -0.373. The molecule has 1 aromatic carbocycles. The first kappa shape index (κ1) is 16.2. The summed E-state index contributed by atoms with van der Waals surface area (Å²) in [4.78, 5) is 0. The number of aryl methyl sites for hydroxylation is 1. The van der Waals surface area contributed by atoms with Crippen molar-refractivity contribution in [3.8, 4) is 0 Å². The third-order valence-corrected chi connectivity index (χ3v) is 3.96. The van der Waals surface area contributed by atoms with Gasteiger partial charge in [0.15, 0.2) is 0 Å². The maximum atomic E-state index is 10.1. The molecule has 0 fully saturated rings. The summed E-state index contributed by atoms with van der Waals surface area (Å²) in [6.45, 7) is 3.75. The van der Waals surface area contributed by atoms with Crippen molar-refractivity contribution in [1.29, 1.82) is 0 Å². The molecule has 0 spiro atoms. The van der Waals surface area contributed by atoms with Crippen molar-refractivity contribution < 1.29 is 15.3 Å². The van der Waals surface area contributed by atoms with Crippen molar-refractivity contribution in [2.45, 2.75) is 45.3 Å². The third kappa shape index (κ3) is 4.94. The van der Waals surface area contributed by atoms with Crippen LogP contribution in [0.5, 0.6) is 0 Å². The summed E-state index contributed by atoms with van der Waals surface area (Å²) in [5, 5.41) is 29.5. The molecule has 0 unspecified atom stereocenters. The van der Waals surface area contributed by atoms with Gasteiger partial charge in [0.2, 0.25) is 0 Å². The third-order valence-electron chi connectivity index (χ3n) is 3.96. The summed E-state index contributed by atoms with van der Waals surface area (Å²) < 4.78 is 0. The molecule has 0 saturated carbocycles. The second-order valence-electron chi connectivity index (χ2n) is 5.29. The van der Waals surface area contributed by atoms with E-state index in [-0.39, 0.29) is 18.4 Å². The molecule has 0 saturated heterocycles. The van der Waals surface area contributed by atoms with Gasteiger partial charge in [0, 0.05) is 18.4 Å². The fraction of sp³-hybridized carbons (Fsp3) is 0.625. The quantitative estimate of drug-likeness (QED) is 0.674. The molecule has 3 heteroatoms. The van der Waals surface area contributed by atoms with Crippen LogP contribution in [-0.4, -0.2) is 34.1 Å². The van der Waals surface area contributed by atoms with Gasteiger partial charge >= 0.3 is 0 Å². The van der Waals surface area contributed by atoms with Crippen LogP contribution in [0.1, 0.15) is 32.3 Å². The number of rotatable bonds is 8. The monoisotopic (exact) mass is 266 g/mol. The minimum Gasteiger partial charge on any atom is -0.396 e. The number of hydrogen-bond donors (Lipinski definition) is 3. The SMILES string of the molecule is CC[C@@H](CO)[C@@H](O)[C@@H](C)[C@H](O)CCc1ccccc1. The molecule has 108 valence electrons. The van der Waals surface area contributed by atoms with Crippen molar-refractivity contribution in [3.63, 3.8) is 0 Å². The highest BCUT2D eigenvalue weighted by atomic mass is 16.3. The van der Waals surface area contributed by atoms with E-state index >= 15 is 0 Å². The van der Waals surface area contributed by atoms with Crippen LogP contribution < -0.4 is 0 Å². The predicted molar refractivity (Wildman–Crippen MR) is 76.8 cm³/mol. The van der Waals surface area contributed by atoms with Gasteiger partial charge < -0.3 is 15.3 Å². The summed E-state index contributed by atoms with van der Waals surface area (Å²) in [6.07, 6.45) is 0.948. The smallest absolute Gasteiger partial charge is 0.0640 e. The van der Waals surface area contributed by atoms with E-state index in [0.717, 1.165) is 6.42 Å². The van der Waals surface area contributed by atoms with Gasteiger partial charge in [0.25, 0.3) is 0 Å². The van der Waals surface area contributed by atoms with Gasteiger partial charge in [-0.3, -0.25) is 0 Å². The minimum absolute atomic E-state index is 0.0343. The summed E-state index contributed by atoms with van der Waals surface area (Å²) in [6, 6.07) is 10.0. The molecule has 0 aliphatic heterocycles. The first-order valence-electron chi connectivity index (χ1n) is 7.11. The van der Waals surface area contributed by atoms with Gasteiger partial charge in [-0.15, -0.1) is 0 Å². The maximum Gasteiger partial charge on any atom is 0.0640 e. The first-order valence-corrected chi connectivity index (χ1v) is 7.11. The average Bonchev–Trinajstić information content (AvgIpc) is 2.46. The van der Waals surface area contributed by atoms with Gasteiger partial charge in [-0.25, -0.2) is 0 Å². The number of hydrogen-bond acceptors (Lipinski definition) is 3. The van der Waals surface area contributed by atoms with E-state index in [9.17, 15) is 15.3 Å². The van der Waals surface area contributed by atoms with Crippen LogP contribution in [0, 0.1) is 11.8 Å². The van der Waals surface area contributed by atoms with Crippen molar-refractivity contribution in [2.75, 3.05) is 6.61 Å². The molecule has 0 heterocycles. The van der Waals surface area contributed by atoms with E-state index < -0.39 is 12.2 Å². The van der Waals surface area contributed by atoms with Crippen LogP contribution in [-0.2, 0) is 6.42 Å². The molecule has 0 amide bonds. The molecule has 3 nitrogen and oxygen atoms in total. The van der Waals surface area contributed by atoms with E-state index in [0.29, 0.717) is 12.8 Å². The fourth-order valence-electron chi connectivity index (χ4n) is 2.36. The summed E-state index contributed by atoms with van der Waals surface area (Å²) in [7, 11) is 0. The minimum atomic E-state index is -0.652. The second kappa shape index (κ2) is 8.31. The molecule has 3 N–H and O–H groups in total. The highest BCUT2D eigenvalue weighted by Gasteiger charge is 2.27. The topological polar surface area (TPSA) is 60.7 Å². The molecule has 0 aromatic heterocycles. The van der Waals surface area contributed by atoms with Crippen LogP contribution in [0.15, 0.2) is 30.3 Å². The lowest BCUT2D eigenvalue weighted by atomic mass is 9.85. The standard InChI is InChI=1S/C16H26O3/c1-3-14(11-17)16(19)12(2)15(18)10-9-13-7-5-4-6-8-13/h4-8,12,14-19H,3,9-11H2,1-2H3/t12-,14-,15+,16-/m0/s1. The van der Waals surface area contributed by atoms with Gasteiger partial charge in [-0.2, -0.15) is 0 Å². The van der Waals surface area contributed by atoms with Crippen LogP contribution >= 0.6 is 0 Å². The Morgan fingerprint density at radius 3 is 2.26 bits per heavy atom. The van der Waals surface area contributed by atoms with Crippen molar-refractivity contribution in [2.24, 2.45) is 11.8 Å². The molecule has 0 aliphatic carbocycles. The average molecular weight is 266 g/mol.